The molecule has 0 aromatic heterocycles. The molecule has 0 radical (unpaired) electrons. The fraction of sp³-hybridized carbons (Fsp3) is 0.500. The van der Waals surface area contributed by atoms with E-state index in [1.807, 2.05) is 0 Å². The van der Waals surface area contributed by atoms with Gasteiger partial charge in [-0.2, -0.15) is 0 Å². The fourth-order valence-electron chi connectivity index (χ4n) is 1.80. The molecule has 1 amide bonds. The number of benzene rings is 1. The monoisotopic (exact) mass is 267 g/mol. The predicted octanol–water partition coefficient (Wildman–Crippen LogP) is 1.43. The Labute approximate surface area is 111 Å². The van der Waals surface area contributed by atoms with E-state index in [9.17, 15) is 14.3 Å². The lowest BCUT2D eigenvalue weighted by Gasteiger charge is -2.20. The zero-order valence-corrected chi connectivity index (χ0v) is 10.9. The van der Waals surface area contributed by atoms with Gasteiger partial charge in [0.1, 0.15) is 11.6 Å². The largest absolute Gasteiger partial charge is 0.484 e. The number of carbonyl (C=O) groups excluding carboxylic acids is 1. The normalized spacial score (nSPS) is 15.9. The third-order valence-electron chi connectivity index (χ3n) is 3.23. The average Bonchev–Trinajstić information content (AvgIpc) is 3.21. The summed E-state index contributed by atoms with van der Waals surface area (Å²) in [5, 5.41) is 9.75. The Morgan fingerprint density at radius 2 is 2.11 bits per heavy atom. The number of rotatable bonds is 6. The molecule has 19 heavy (non-hydrogen) atoms. The number of ether oxygens (including phenoxy) is 1. The number of carbonyl (C=O) groups is 1. The molecule has 0 spiro atoms. The first-order valence-electron chi connectivity index (χ1n) is 6.36. The maximum Gasteiger partial charge on any atom is 0.260 e. The highest BCUT2D eigenvalue weighted by Gasteiger charge is 2.31. The SMILES string of the molecule is CN(CC(O)C1CC1)C(=O)COc1ccc(F)cc1. The third-order valence-corrected chi connectivity index (χ3v) is 3.23. The van der Waals surface area contributed by atoms with Gasteiger partial charge in [0.25, 0.3) is 5.91 Å². The molecular weight excluding hydrogens is 249 g/mol. The Hall–Kier alpha value is -1.62. The molecule has 0 heterocycles. The molecule has 1 N–H and O–H groups in total. The molecule has 1 aliphatic carbocycles. The van der Waals surface area contributed by atoms with E-state index < -0.39 is 6.10 Å². The molecule has 104 valence electrons. The van der Waals surface area contributed by atoms with Crippen LogP contribution in [-0.2, 0) is 4.79 Å². The zero-order valence-electron chi connectivity index (χ0n) is 10.9. The number of nitrogens with zero attached hydrogens (tertiary/aromatic N) is 1. The Balaban J connectivity index is 1.75. The van der Waals surface area contributed by atoms with Crippen molar-refractivity contribution < 1.29 is 19.0 Å². The lowest BCUT2D eigenvalue weighted by Crippen LogP contribution is -2.37. The van der Waals surface area contributed by atoms with Crippen LogP contribution in [0.3, 0.4) is 0 Å². The van der Waals surface area contributed by atoms with Gasteiger partial charge in [-0.05, 0) is 43.0 Å². The number of aliphatic hydroxyl groups excluding tert-OH is 1. The molecule has 1 saturated carbocycles. The summed E-state index contributed by atoms with van der Waals surface area (Å²) in [4.78, 5) is 13.2. The summed E-state index contributed by atoms with van der Waals surface area (Å²) in [5.41, 5.74) is 0. The maximum absolute atomic E-state index is 12.7. The number of likely N-dealkylation sites (N-methyl/N-ethyl adjacent to an activating group) is 1. The molecule has 2 rings (SSSR count). The smallest absolute Gasteiger partial charge is 0.260 e. The summed E-state index contributed by atoms with van der Waals surface area (Å²) >= 11 is 0. The second-order valence-electron chi connectivity index (χ2n) is 4.92. The highest BCUT2D eigenvalue weighted by atomic mass is 19.1. The summed E-state index contributed by atoms with van der Waals surface area (Å²) in [6.07, 6.45) is 1.63. The number of amides is 1. The molecule has 1 aliphatic rings. The minimum absolute atomic E-state index is 0.112. The Kier molecular flexibility index (Phi) is 4.37. The van der Waals surface area contributed by atoms with E-state index >= 15 is 0 Å². The van der Waals surface area contributed by atoms with Crippen molar-refractivity contribution in [1.82, 2.24) is 4.90 Å². The number of halogens is 1. The molecule has 1 fully saturated rings. The van der Waals surface area contributed by atoms with Gasteiger partial charge in [-0.25, -0.2) is 4.39 Å². The van der Waals surface area contributed by atoms with Crippen molar-refractivity contribution in [2.24, 2.45) is 5.92 Å². The van der Waals surface area contributed by atoms with Crippen molar-refractivity contribution in [3.8, 4) is 5.75 Å². The van der Waals surface area contributed by atoms with Crippen LogP contribution in [0, 0.1) is 11.7 Å². The van der Waals surface area contributed by atoms with Crippen molar-refractivity contribution in [3.63, 3.8) is 0 Å². The highest BCUT2D eigenvalue weighted by molar-refractivity contribution is 5.77. The standard InChI is InChI=1S/C14H18FNO3/c1-16(8-13(17)10-2-3-10)14(18)9-19-12-6-4-11(15)5-7-12/h4-7,10,13,17H,2-3,8-9H2,1H3. The van der Waals surface area contributed by atoms with E-state index in [0.717, 1.165) is 12.8 Å². The molecule has 4 nitrogen and oxygen atoms in total. The molecular formula is C14H18FNO3. The van der Waals surface area contributed by atoms with Crippen LogP contribution in [0.5, 0.6) is 5.75 Å². The molecule has 0 saturated heterocycles. The Morgan fingerprint density at radius 3 is 2.68 bits per heavy atom. The van der Waals surface area contributed by atoms with Gasteiger partial charge < -0.3 is 14.7 Å². The topological polar surface area (TPSA) is 49.8 Å². The van der Waals surface area contributed by atoms with E-state index in [4.69, 9.17) is 4.74 Å². The van der Waals surface area contributed by atoms with Gasteiger partial charge in [-0.15, -0.1) is 0 Å². The van der Waals surface area contributed by atoms with Gasteiger partial charge in [0, 0.05) is 13.6 Å². The number of hydrogen-bond acceptors (Lipinski definition) is 3. The van der Waals surface area contributed by atoms with Crippen LogP contribution in [0.15, 0.2) is 24.3 Å². The second kappa shape index (κ2) is 6.02. The summed E-state index contributed by atoms with van der Waals surface area (Å²) in [7, 11) is 1.64. The van der Waals surface area contributed by atoms with Crippen molar-refractivity contribution in [1.29, 1.82) is 0 Å². The molecule has 5 heteroatoms. The lowest BCUT2D eigenvalue weighted by molar-refractivity contribution is -0.133. The van der Waals surface area contributed by atoms with Crippen LogP contribution < -0.4 is 4.74 Å². The van der Waals surface area contributed by atoms with Gasteiger partial charge in [0.15, 0.2) is 6.61 Å². The first-order valence-corrected chi connectivity index (χ1v) is 6.36. The minimum atomic E-state index is -0.445. The van der Waals surface area contributed by atoms with Gasteiger partial charge >= 0.3 is 0 Å². The van der Waals surface area contributed by atoms with Gasteiger partial charge in [-0.3, -0.25) is 4.79 Å². The highest BCUT2D eigenvalue weighted by Crippen LogP contribution is 2.32. The zero-order chi connectivity index (χ0) is 13.8. The molecule has 1 aromatic rings. The van der Waals surface area contributed by atoms with Gasteiger partial charge in [0.05, 0.1) is 6.10 Å². The van der Waals surface area contributed by atoms with Crippen molar-refractivity contribution in [3.05, 3.63) is 30.1 Å². The first kappa shape index (κ1) is 13.8. The van der Waals surface area contributed by atoms with Crippen LogP contribution >= 0.6 is 0 Å². The number of hydrogen-bond donors (Lipinski definition) is 1. The Bertz CT molecular complexity index is 431. The second-order valence-corrected chi connectivity index (χ2v) is 4.92. The molecule has 1 aromatic carbocycles. The van der Waals surface area contributed by atoms with E-state index in [2.05, 4.69) is 0 Å². The summed E-state index contributed by atoms with van der Waals surface area (Å²) in [6, 6.07) is 5.50. The van der Waals surface area contributed by atoms with Crippen LogP contribution in [-0.4, -0.2) is 42.2 Å². The molecule has 1 unspecified atom stereocenters. The number of aliphatic hydroxyl groups is 1. The van der Waals surface area contributed by atoms with Gasteiger partial charge in [0.2, 0.25) is 0 Å². The summed E-state index contributed by atoms with van der Waals surface area (Å²) < 4.78 is 17.9. The summed E-state index contributed by atoms with van der Waals surface area (Å²) in [6.45, 7) is 0.218. The van der Waals surface area contributed by atoms with Crippen molar-refractivity contribution >= 4 is 5.91 Å². The molecule has 1 atom stereocenters. The first-order chi connectivity index (χ1) is 9.06. The summed E-state index contributed by atoms with van der Waals surface area (Å²) in [5.74, 6) is 0.242. The third kappa shape index (κ3) is 4.21. The van der Waals surface area contributed by atoms with Gasteiger partial charge in [-0.1, -0.05) is 0 Å². The minimum Gasteiger partial charge on any atom is -0.484 e. The van der Waals surface area contributed by atoms with Crippen LogP contribution in [0.25, 0.3) is 0 Å². The fourth-order valence-corrected chi connectivity index (χ4v) is 1.80. The van der Waals surface area contributed by atoms with Crippen molar-refractivity contribution in [2.75, 3.05) is 20.2 Å². The van der Waals surface area contributed by atoms with E-state index in [1.165, 1.54) is 29.2 Å². The molecule has 0 aliphatic heterocycles. The van der Waals surface area contributed by atoms with Crippen LogP contribution in [0.2, 0.25) is 0 Å². The maximum atomic E-state index is 12.7. The lowest BCUT2D eigenvalue weighted by atomic mass is 10.2. The Morgan fingerprint density at radius 1 is 1.47 bits per heavy atom. The average molecular weight is 267 g/mol. The van der Waals surface area contributed by atoms with E-state index in [-0.39, 0.29) is 18.3 Å². The molecule has 0 bridgehead atoms. The quantitative estimate of drug-likeness (QED) is 0.848. The van der Waals surface area contributed by atoms with E-state index in [1.54, 1.807) is 7.05 Å². The van der Waals surface area contributed by atoms with Crippen molar-refractivity contribution in [2.45, 2.75) is 18.9 Å². The van der Waals surface area contributed by atoms with Crippen LogP contribution in [0.1, 0.15) is 12.8 Å². The van der Waals surface area contributed by atoms with Crippen LogP contribution in [0.4, 0.5) is 4.39 Å². The predicted molar refractivity (Wildman–Crippen MR) is 68.3 cm³/mol. The van der Waals surface area contributed by atoms with E-state index in [0.29, 0.717) is 18.2 Å².